The van der Waals surface area contributed by atoms with Crippen molar-refractivity contribution >= 4 is 17.3 Å². The van der Waals surface area contributed by atoms with E-state index in [-0.39, 0.29) is 11.9 Å². The zero-order valence-corrected chi connectivity index (χ0v) is 10.8. The maximum atomic E-state index is 12.1. The lowest BCUT2D eigenvalue weighted by Crippen LogP contribution is -2.41. The monoisotopic (exact) mass is 247 g/mol. The van der Waals surface area contributed by atoms with E-state index in [0.29, 0.717) is 22.9 Å². The van der Waals surface area contributed by atoms with E-state index >= 15 is 0 Å². The lowest BCUT2D eigenvalue weighted by atomic mass is 9.86. The lowest BCUT2D eigenvalue weighted by Gasteiger charge is -2.29. The van der Waals surface area contributed by atoms with Gasteiger partial charge >= 0.3 is 0 Å². The summed E-state index contributed by atoms with van der Waals surface area (Å²) in [5, 5.41) is 3.09. The van der Waals surface area contributed by atoms with Crippen LogP contribution < -0.4 is 16.8 Å². The van der Waals surface area contributed by atoms with E-state index in [1.807, 2.05) is 0 Å². The van der Waals surface area contributed by atoms with Gasteiger partial charge in [0.2, 0.25) is 0 Å². The van der Waals surface area contributed by atoms with Gasteiger partial charge in [-0.1, -0.05) is 19.8 Å². The molecule has 1 aromatic rings. The van der Waals surface area contributed by atoms with Gasteiger partial charge in [-0.3, -0.25) is 4.79 Å². The number of nitrogens with one attached hydrogen (secondary N) is 1. The van der Waals surface area contributed by atoms with E-state index in [1.54, 1.807) is 18.2 Å². The quantitative estimate of drug-likeness (QED) is 0.700. The number of nitrogens with two attached hydrogens (primary N) is 2. The Balaban J connectivity index is 2.06. The second-order valence-corrected chi connectivity index (χ2v) is 5.23. The number of nitrogen functional groups attached to an aromatic ring is 2. The molecule has 5 N–H and O–H groups in total. The van der Waals surface area contributed by atoms with Crippen molar-refractivity contribution < 1.29 is 4.79 Å². The molecule has 1 aliphatic carbocycles. The number of benzene rings is 1. The number of hydrogen-bond acceptors (Lipinski definition) is 3. The zero-order valence-electron chi connectivity index (χ0n) is 10.8. The van der Waals surface area contributed by atoms with Crippen molar-refractivity contribution in [1.82, 2.24) is 5.32 Å². The molecule has 1 aliphatic rings. The molecule has 4 heteroatoms. The molecule has 0 aromatic heterocycles. The molecular weight excluding hydrogens is 226 g/mol. The number of carbonyl (C=O) groups excluding carboxylic acids is 1. The highest BCUT2D eigenvalue weighted by atomic mass is 16.1. The topological polar surface area (TPSA) is 81.1 Å². The van der Waals surface area contributed by atoms with Crippen LogP contribution in [0.2, 0.25) is 0 Å². The van der Waals surface area contributed by atoms with Gasteiger partial charge in [0.25, 0.3) is 5.91 Å². The van der Waals surface area contributed by atoms with Gasteiger partial charge in [-0.2, -0.15) is 0 Å². The largest absolute Gasteiger partial charge is 0.399 e. The third-order valence-corrected chi connectivity index (χ3v) is 3.67. The maximum Gasteiger partial charge on any atom is 0.251 e. The van der Waals surface area contributed by atoms with Crippen LogP contribution >= 0.6 is 0 Å². The number of hydrogen-bond donors (Lipinski definition) is 3. The molecule has 1 fully saturated rings. The molecular formula is C14H21N3O. The van der Waals surface area contributed by atoms with Gasteiger partial charge in [0.05, 0.1) is 0 Å². The van der Waals surface area contributed by atoms with E-state index in [0.717, 1.165) is 6.42 Å². The summed E-state index contributed by atoms with van der Waals surface area (Å²) in [7, 11) is 0. The highest BCUT2D eigenvalue weighted by Crippen LogP contribution is 2.24. The summed E-state index contributed by atoms with van der Waals surface area (Å²) in [6, 6.07) is 5.26. The van der Waals surface area contributed by atoms with Crippen molar-refractivity contribution in [2.45, 2.75) is 38.6 Å². The summed E-state index contributed by atoms with van der Waals surface area (Å²) in [6.07, 6.45) is 4.70. The average Bonchev–Trinajstić information content (AvgIpc) is 2.31. The predicted octanol–water partition coefficient (Wildman–Crippen LogP) is 2.16. The van der Waals surface area contributed by atoms with E-state index in [1.165, 1.54) is 19.3 Å². The smallest absolute Gasteiger partial charge is 0.251 e. The standard InChI is InChI=1S/C14H21N3O/c1-9-4-2-3-5-13(9)17-14(18)10-6-11(15)8-12(16)7-10/h6-9,13H,2-5,15-16H2,1H3,(H,17,18). The Bertz CT molecular complexity index is 424. The van der Waals surface area contributed by atoms with Crippen LogP contribution in [0.15, 0.2) is 18.2 Å². The fourth-order valence-corrected chi connectivity index (χ4v) is 2.59. The fraction of sp³-hybridized carbons (Fsp3) is 0.500. The first kappa shape index (κ1) is 12.7. The van der Waals surface area contributed by atoms with E-state index in [4.69, 9.17) is 11.5 Å². The van der Waals surface area contributed by atoms with Gasteiger partial charge in [0.1, 0.15) is 0 Å². The van der Waals surface area contributed by atoms with Crippen molar-refractivity contribution in [3.63, 3.8) is 0 Å². The van der Waals surface area contributed by atoms with Gasteiger partial charge in [-0.25, -0.2) is 0 Å². The van der Waals surface area contributed by atoms with Crippen LogP contribution in [0.5, 0.6) is 0 Å². The molecule has 2 unspecified atom stereocenters. The fourth-order valence-electron chi connectivity index (χ4n) is 2.59. The Labute approximate surface area is 108 Å². The Morgan fingerprint density at radius 1 is 1.17 bits per heavy atom. The molecule has 0 saturated heterocycles. The number of rotatable bonds is 2. The van der Waals surface area contributed by atoms with Crippen LogP contribution in [0, 0.1) is 5.92 Å². The second kappa shape index (κ2) is 5.29. The number of amides is 1. The Kier molecular flexibility index (Phi) is 3.75. The third kappa shape index (κ3) is 2.94. The molecule has 0 radical (unpaired) electrons. The first-order valence-electron chi connectivity index (χ1n) is 6.53. The SMILES string of the molecule is CC1CCCCC1NC(=O)c1cc(N)cc(N)c1. The first-order chi connectivity index (χ1) is 8.56. The van der Waals surface area contributed by atoms with Gasteiger partial charge < -0.3 is 16.8 Å². The van der Waals surface area contributed by atoms with Crippen molar-refractivity contribution in [2.75, 3.05) is 11.5 Å². The van der Waals surface area contributed by atoms with Gasteiger partial charge in [0.15, 0.2) is 0 Å². The summed E-state index contributed by atoms with van der Waals surface area (Å²) in [5.74, 6) is 0.467. The minimum atomic E-state index is -0.0762. The molecule has 1 saturated carbocycles. The molecule has 1 aromatic carbocycles. The molecule has 2 atom stereocenters. The zero-order chi connectivity index (χ0) is 13.1. The van der Waals surface area contributed by atoms with Crippen LogP contribution in [-0.4, -0.2) is 11.9 Å². The molecule has 98 valence electrons. The van der Waals surface area contributed by atoms with Crippen molar-refractivity contribution in [3.8, 4) is 0 Å². The van der Waals surface area contributed by atoms with E-state index < -0.39 is 0 Å². The second-order valence-electron chi connectivity index (χ2n) is 5.23. The van der Waals surface area contributed by atoms with Crippen LogP contribution in [0.3, 0.4) is 0 Å². The molecule has 1 amide bonds. The minimum absolute atomic E-state index is 0.0762. The maximum absolute atomic E-state index is 12.1. The molecule has 4 nitrogen and oxygen atoms in total. The van der Waals surface area contributed by atoms with Gasteiger partial charge in [-0.15, -0.1) is 0 Å². The Hall–Kier alpha value is -1.71. The summed E-state index contributed by atoms with van der Waals surface area (Å²) in [5.41, 5.74) is 13.0. The summed E-state index contributed by atoms with van der Waals surface area (Å²) in [4.78, 5) is 12.1. The minimum Gasteiger partial charge on any atom is -0.399 e. The normalized spacial score (nSPS) is 23.6. The summed E-state index contributed by atoms with van der Waals surface area (Å²) < 4.78 is 0. The van der Waals surface area contributed by atoms with Crippen molar-refractivity contribution in [1.29, 1.82) is 0 Å². The van der Waals surface area contributed by atoms with Gasteiger partial charge in [-0.05, 0) is 37.0 Å². The predicted molar refractivity (Wildman–Crippen MR) is 74.2 cm³/mol. The highest BCUT2D eigenvalue weighted by molar-refractivity contribution is 5.96. The van der Waals surface area contributed by atoms with E-state index in [9.17, 15) is 4.79 Å². The molecule has 18 heavy (non-hydrogen) atoms. The Morgan fingerprint density at radius 3 is 2.39 bits per heavy atom. The summed E-state index contributed by atoms with van der Waals surface area (Å²) in [6.45, 7) is 2.19. The molecule has 0 aliphatic heterocycles. The van der Waals surface area contributed by atoms with Crippen LogP contribution in [0.1, 0.15) is 43.0 Å². The molecule has 0 spiro atoms. The molecule has 2 rings (SSSR count). The van der Waals surface area contributed by atoms with Crippen LogP contribution in [-0.2, 0) is 0 Å². The van der Waals surface area contributed by atoms with Crippen LogP contribution in [0.4, 0.5) is 11.4 Å². The first-order valence-corrected chi connectivity index (χ1v) is 6.53. The van der Waals surface area contributed by atoms with Gasteiger partial charge in [0, 0.05) is 23.0 Å². The van der Waals surface area contributed by atoms with E-state index in [2.05, 4.69) is 12.2 Å². The number of anilines is 2. The van der Waals surface area contributed by atoms with Crippen molar-refractivity contribution in [2.24, 2.45) is 5.92 Å². The summed E-state index contributed by atoms with van der Waals surface area (Å²) >= 11 is 0. The molecule has 0 bridgehead atoms. The lowest BCUT2D eigenvalue weighted by molar-refractivity contribution is 0.0910. The Morgan fingerprint density at radius 2 is 1.78 bits per heavy atom. The molecule has 0 heterocycles. The van der Waals surface area contributed by atoms with Crippen molar-refractivity contribution in [3.05, 3.63) is 23.8 Å². The average molecular weight is 247 g/mol. The third-order valence-electron chi connectivity index (χ3n) is 3.67. The number of carbonyl (C=O) groups is 1. The highest BCUT2D eigenvalue weighted by Gasteiger charge is 2.23. The van der Waals surface area contributed by atoms with Crippen LogP contribution in [0.25, 0.3) is 0 Å².